The zero-order chi connectivity index (χ0) is 13.8. The number of hydrogen-bond acceptors (Lipinski definition) is 4. The van der Waals surface area contributed by atoms with Crippen molar-refractivity contribution in [1.29, 1.82) is 0 Å². The fraction of sp³-hybridized carbons (Fsp3) is 0.0769. The van der Waals surface area contributed by atoms with Crippen molar-refractivity contribution in [2.45, 2.75) is 0 Å². The number of rotatable bonds is 3. The molecule has 1 heterocycles. The van der Waals surface area contributed by atoms with Crippen LogP contribution in [0.15, 0.2) is 41.1 Å². The number of ether oxygens (including phenoxy) is 1. The van der Waals surface area contributed by atoms with E-state index in [0.717, 1.165) is 0 Å². The molecule has 0 fully saturated rings. The van der Waals surface area contributed by atoms with E-state index in [1.165, 1.54) is 6.20 Å². The van der Waals surface area contributed by atoms with Crippen LogP contribution in [0, 0.1) is 0 Å². The maximum Gasteiger partial charge on any atom is 0.255 e. The second kappa shape index (κ2) is 5.71. The van der Waals surface area contributed by atoms with Crippen molar-refractivity contribution in [2.75, 3.05) is 18.2 Å². The van der Waals surface area contributed by atoms with Gasteiger partial charge in [0.1, 0.15) is 5.75 Å². The number of hydrogen-bond donors (Lipinski definition) is 2. The number of carbonyl (C=O) groups excluding carboxylic acids is 1. The van der Waals surface area contributed by atoms with E-state index in [1.54, 1.807) is 37.6 Å². The Morgan fingerprint density at radius 1 is 1.42 bits per heavy atom. The number of aromatic nitrogens is 1. The number of nitrogen functional groups attached to an aromatic ring is 1. The topological polar surface area (TPSA) is 77.2 Å². The Labute approximate surface area is 118 Å². The molecule has 0 aliphatic carbocycles. The summed E-state index contributed by atoms with van der Waals surface area (Å²) in [4.78, 5) is 15.9. The van der Waals surface area contributed by atoms with Crippen molar-refractivity contribution in [3.8, 4) is 5.75 Å². The van der Waals surface area contributed by atoms with E-state index in [9.17, 15) is 4.79 Å². The number of nitrogens with two attached hydrogens (primary N) is 1. The van der Waals surface area contributed by atoms with Crippen LogP contribution in [-0.2, 0) is 0 Å². The Hall–Kier alpha value is -2.08. The fourth-order valence-electron chi connectivity index (χ4n) is 1.52. The first-order chi connectivity index (χ1) is 9.11. The molecule has 0 unspecified atom stereocenters. The van der Waals surface area contributed by atoms with E-state index in [1.807, 2.05) is 0 Å². The third-order valence-corrected chi connectivity index (χ3v) is 3.13. The number of pyridine rings is 1. The zero-order valence-electron chi connectivity index (χ0n) is 10.2. The van der Waals surface area contributed by atoms with Gasteiger partial charge in [0.2, 0.25) is 0 Å². The SMILES string of the molecule is COc1ccc(C(=O)Nc2ccncc2N)cc1Br. The van der Waals surface area contributed by atoms with Crippen molar-refractivity contribution in [3.05, 3.63) is 46.7 Å². The van der Waals surface area contributed by atoms with Gasteiger partial charge in [0.25, 0.3) is 5.91 Å². The summed E-state index contributed by atoms with van der Waals surface area (Å²) in [6.45, 7) is 0. The van der Waals surface area contributed by atoms with Gasteiger partial charge in [-0.1, -0.05) is 0 Å². The average Bonchev–Trinajstić information content (AvgIpc) is 2.41. The summed E-state index contributed by atoms with van der Waals surface area (Å²) in [5.41, 5.74) is 7.17. The third kappa shape index (κ3) is 3.03. The number of benzene rings is 1. The van der Waals surface area contributed by atoms with Gasteiger partial charge in [-0.25, -0.2) is 0 Å². The van der Waals surface area contributed by atoms with Gasteiger partial charge in [0, 0.05) is 11.8 Å². The van der Waals surface area contributed by atoms with Crippen LogP contribution >= 0.6 is 15.9 Å². The number of nitrogens with one attached hydrogen (secondary N) is 1. The molecular weight excluding hydrogens is 310 g/mol. The number of carbonyl (C=O) groups is 1. The number of halogens is 1. The molecule has 5 nitrogen and oxygen atoms in total. The van der Waals surface area contributed by atoms with E-state index in [0.29, 0.717) is 27.2 Å². The van der Waals surface area contributed by atoms with Crippen molar-refractivity contribution in [3.63, 3.8) is 0 Å². The molecule has 98 valence electrons. The smallest absolute Gasteiger partial charge is 0.255 e. The molecule has 0 spiro atoms. The van der Waals surface area contributed by atoms with Crippen molar-refractivity contribution in [1.82, 2.24) is 4.98 Å². The summed E-state index contributed by atoms with van der Waals surface area (Å²) in [7, 11) is 1.57. The Morgan fingerprint density at radius 3 is 2.84 bits per heavy atom. The lowest BCUT2D eigenvalue weighted by Gasteiger charge is -2.09. The van der Waals surface area contributed by atoms with E-state index >= 15 is 0 Å². The highest BCUT2D eigenvalue weighted by Crippen LogP contribution is 2.26. The zero-order valence-corrected chi connectivity index (χ0v) is 11.8. The van der Waals surface area contributed by atoms with Crippen LogP contribution in [0.2, 0.25) is 0 Å². The highest BCUT2D eigenvalue weighted by atomic mass is 79.9. The van der Waals surface area contributed by atoms with Gasteiger partial charge in [-0.15, -0.1) is 0 Å². The number of nitrogens with zero attached hydrogens (tertiary/aromatic N) is 1. The molecule has 2 rings (SSSR count). The molecule has 6 heteroatoms. The Kier molecular flexibility index (Phi) is 4.01. The number of amides is 1. The average molecular weight is 322 g/mol. The molecular formula is C13H12BrN3O2. The van der Waals surface area contributed by atoms with E-state index in [2.05, 4.69) is 26.2 Å². The molecule has 0 atom stereocenters. The van der Waals surface area contributed by atoms with Gasteiger partial charge in [0.05, 0.1) is 29.2 Å². The van der Waals surface area contributed by atoms with Crippen molar-refractivity contribution < 1.29 is 9.53 Å². The van der Waals surface area contributed by atoms with Gasteiger partial charge in [0.15, 0.2) is 0 Å². The maximum atomic E-state index is 12.1. The number of methoxy groups -OCH3 is 1. The summed E-state index contributed by atoms with van der Waals surface area (Å²) < 4.78 is 5.82. The molecule has 19 heavy (non-hydrogen) atoms. The lowest BCUT2D eigenvalue weighted by Crippen LogP contribution is -2.13. The van der Waals surface area contributed by atoms with Crippen LogP contribution in [-0.4, -0.2) is 18.0 Å². The minimum absolute atomic E-state index is 0.249. The van der Waals surface area contributed by atoms with Crippen LogP contribution in [0.3, 0.4) is 0 Å². The molecule has 0 saturated heterocycles. The molecule has 0 aliphatic rings. The monoisotopic (exact) mass is 321 g/mol. The van der Waals surface area contributed by atoms with Crippen LogP contribution in [0.1, 0.15) is 10.4 Å². The van der Waals surface area contributed by atoms with Gasteiger partial charge >= 0.3 is 0 Å². The summed E-state index contributed by atoms with van der Waals surface area (Å²) in [6.07, 6.45) is 3.05. The van der Waals surface area contributed by atoms with Crippen molar-refractivity contribution in [2.24, 2.45) is 0 Å². The molecule has 0 radical (unpaired) electrons. The molecule has 0 saturated carbocycles. The first kappa shape index (κ1) is 13.4. The summed E-state index contributed by atoms with van der Waals surface area (Å²) >= 11 is 3.34. The van der Waals surface area contributed by atoms with Gasteiger partial charge in [-0.3, -0.25) is 9.78 Å². The van der Waals surface area contributed by atoms with Crippen LogP contribution < -0.4 is 15.8 Å². The van der Waals surface area contributed by atoms with E-state index < -0.39 is 0 Å². The molecule has 0 aliphatic heterocycles. The van der Waals surface area contributed by atoms with Crippen LogP contribution in [0.5, 0.6) is 5.75 Å². The first-order valence-corrected chi connectivity index (χ1v) is 6.25. The lowest BCUT2D eigenvalue weighted by atomic mass is 10.2. The summed E-state index contributed by atoms with van der Waals surface area (Å²) in [6, 6.07) is 6.72. The third-order valence-electron chi connectivity index (χ3n) is 2.51. The van der Waals surface area contributed by atoms with Gasteiger partial charge < -0.3 is 15.8 Å². The molecule has 3 N–H and O–H groups in total. The minimum Gasteiger partial charge on any atom is -0.496 e. The van der Waals surface area contributed by atoms with E-state index in [4.69, 9.17) is 10.5 Å². The fourth-order valence-corrected chi connectivity index (χ4v) is 2.06. The maximum absolute atomic E-state index is 12.1. The normalized spacial score (nSPS) is 10.0. The Balaban J connectivity index is 2.21. The largest absolute Gasteiger partial charge is 0.496 e. The summed E-state index contributed by atoms with van der Waals surface area (Å²) in [5.74, 6) is 0.418. The highest BCUT2D eigenvalue weighted by Gasteiger charge is 2.10. The van der Waals surface area contributed by atoms with Gasteiger partial charge in [-0.05, 0) is 40.2 Å². The van der Waals surface area contributed by atoms with Crippen LogP contribution in [0.25, 0.3) is 0 Å². The summed E-state index contributed by atoms with van der Waals surface area (Å²) in [5, 5.41) is 2.73. The molecule has 0 bridgehead atoms. The highest BCUT2D eigenvalue weighted by molar-refractivity contribution is 9.10. The predicted molar refractivity (Wildman–Crippen MR) is 77.3 cm³/mol. The predicted octanol–water partition coefficient (Wildman–Crippen LogP) is 2.69. The standard InChI is InChI=1S/C13H12BrN3O2/c1-19-12-3-2-8(6-9(12)14)13(18)17-11-4-5-16-7-10(11)15/h2-7H,15H2,1H3,(H,16,17,18). The quantitative estimate of drug-likeness (QED) is 0.911. The van der Waals surface area contributed by atoms with Crippen molar-refractivity contribution >= 4 is 33.2 Å². The van der Waals surface area contributed by atoms with E-state index in [-0.39, 0.29) is 5.91 Å². The molecule has 2 aromatic rings. The first-order valence-electron chi connectivity index (χ1n) is 5.46. The second-order valence-corrected chi connectivity index (χ2v) is 4.62. The number of anilines is 2. The minimum atomic E-state index is -0.249. The molecule has 1 aromatic carbocycles. The Morgan fingerprint density at radius 2 is 2.21 bits per heavy atom. The van der Waals surface area contributed by atoms with Crippen LogP contribution in [0.4, 0.5) is 11.4 Å². The molecule has 1 amide bonds. The lowest BCUT2D eigenvalue weighted by molar-refractivity contribution is 0.102. The van der Waals surface area contributed by atoms with Gasteiger partial charge in [-0.2, -0.15) is 0 Å². The second-order valence-electron chi connectivity index (χ2n) is 3.77. The molecule has 1 aromatic heterocycles. The Bertz CT molecular complexity index is 617.